The first kappa shape index (κ1) is 11.4. The molecule has 1 N–H and O–H groups in total. The lowest BCUT2D eigenvalue weighted by Gasteiger charge is -2.27. The standard InChI is InChI=1S/C10H14N2O3/c1-6(2)4-5-12-9(14)7(3)8(13)11-10(12)15/h4,7H,5H2,1-3H3,(H,11,13,15). The topological polar surface area (TPSA) is 66.5 Å². The van der Waals surface area contributed by atoms with Gasteiger partial charge in [-0.3, -0.25) is 19.8 Å². The van der Waals surface area contributed by atoms with E-state index in [2.05, 4.69) is 5.32 Å². The minimum Gasteiger partial charge on any atom is -0.277 e. The molecule has 4 amide bonds. The van der Waals surface area contributed by atoms with Crippen LogP contribution >= 0.6 is 0 Å². The van der Waals surface area contributed by atoms with E-state index in [1.807, 2.05) is 13.8 Å². The molecule has 0 aromatic rings. The van der Waals surface area contributed by atoms with Crippen LogP contribution in [0.4, 0.5) is 4.79 Å². The summed E-state index contributed by atoms with van der Waals surface area (Å²) in [5, 5.41) is 2.13. The smallest absolute Gasteiger partial charge is 0.277 e. The second-order valence-electron chi connectivity index (χ2n) is 3.75. The van der Waals surface area contributed by atoms with Crippen LogP contribution in [0.1, 0.15) is 20.8 Å². The summed E-state index contributed by atoms with van der Waals surface area (Å²) in [5.41, 5.74) is 1.01. The number of barbiturate groups is 1. The number of rotatable bonds is 2. The molecule has 0 aliphatic carbocycles. The molecule has 1 fully saturated rings. The quantitative estimate of drug-likeness (QED) is 0.538. The van der Waals surface area contributed by atoms with Gasteiger partial charge in [0, 0.05) is 6.54 Å². The molecular weight excluding hydrogens is 196 g/mol. The Balaban J connectivity index is 2.79. The van der Waals surface area contributed by atoms with Crippen molar-refractivity contribution < 1.29 is 14.4 Å². The van der Waals surface area contributed by atoms with Crippen LogP contribution in [-0.4, -0.2) is 29.3 Å². The summed E-state index contributed by atoms with van der Waals surface area (Å²) >= 11 is 0. The highest BCUT2D eigenvalue weighted by atomic mass is 16.2. The maximum atomic E-state index is 11.6. The second kappa shape index (κ2) is 4.25. The minimum atomic E-state index is -0.784. The Morgan fingerprint density at radius 2 is 2.00 bits per heavy atom. The van der Waals surface area contributed by atoms with Gasteiger partial charge in [0.15, 0.2) is 0 Å². The molecule has 82 valence electrons. The molecule has 1 saturated heterocycles. The first-order chi connectivity index (χ1) is 6.93. The molecule has 5 nitrogen and oxygen atoms in total. The molecule has 1 unspecified atom stereocenters. The molecule has 1 atom stereocenters. The first-order valence-electron chi connectivity index (χ1n) is 4.73. The number of nitrogens with zero attached hydrogens (tertiary/aromatic N) is 1. The van der Waals surface area contributed by atoms with E-state index in [4.69, 9.17) is 0 Å². The van der Waals surface area contributed by atoms with Crippen LogP contribution in [0.3, 0.4) is 0 Å². The van der Waals surface area contributed by atoms with E-state index < -0.39 is 23.8 Å². The highest BCUT2D eigenvalue weighted by molar-refractivity contribution is 6.15. The average Bonchev–Trinajstić information content (AvgIpc) is 2.14. The van der Waals surface area contributed by atoms with Crippen LogP contribution in [-0.2, 0) is 9.59 Å². The van der Waals surface area contributed by atoms with Crippen molar-refractivity contribution >= 4 is 17.8 Å². The van der Waals surface area contributed by atoms with Gasteiger partial charge in [0.2, 0.25) is 11.8 Å². The molecule has 0 saturated carbocycles. The number of imide groups is 2. The molecule has 0 bridgehead atoms. The van der Waals surface area contributed by atoms with Crippen molar-refractivity contribution in [3.63, 3.8) is 0 Å². The fourth-order valence-electron chi connectivity index (χ4n) is 1.17. The molecule has 1 rings (SSSR count). The van der Waals surface area contributed by atoms with E-state index in [1.165, 1.54) is 6.92 Å². The van der Waals surface area contributed by atoms with Gasteiger partial charge in [0.25, 0.3) is 0 Å². The van der Waals surface area contributed by atoms with Crippen molar-refractivity contribution in [2.75, 3.05) is 6.54 Å². The molecule has 0 aromatic heterocycles. The number of urea groups is 1. The van der Waals surface area contributed by atoms with Crippen LogP contribution in [0.2, 0.25) is 0 Å². The lowest BCUT2D eigenvalue weighted by atomic mass is 10.1. The van der Waals surface area contributed by atoms with Gasteiger partial charge in [-0.15, -0.1) is 0 Å². The lowest BCUT2D eigenvalue weighted by Crippen LogP contribution is -2.57. The summed E-state index contributed by atoms with van der Waals surface area (Å²) in [7, 11) is 0. The average molecular weight is 210 g/mol. The number of allylic oxidation sites excluding steroid dienone is 1. The van der Waals surface area contributed by atoms with Crippen LogP contribution in [0, 0.1) is 5.92 Å². The summed E-state index contributed by atoms with van der Waals surface area (Å²) in [4.78, 5) is 35.0. The summed E-state index contributed by atoms with van der Waals surface area (Å²) in [6.07, 6.45) is 1.76. The molecule has 0 aromatic carbocycles. The zero-order chi connectivity index (χ0) is 11.6. The van der Waals surface area contributed by atoms with Gasteiger partial charge in [-0.25, -0.2) is 4.79 Å². The summed E-state index contributed by atoms with van der Waals surface area (Å²) in [6.45, 7) is 5.45. The predicted octanol–water partition coefficient (Wildman–Crippen LogP) is 0.667. The molecule has 15 heavy (non-hydrogen) atoms. The van der Waals surface area contributed by atoms with Gasteiger partial charge in [-0.1, -0.05) is 11.6 Å². The molecule has 0 radical (unpaired) electrons. The Morgan fingerprint density at radius 3 is 2.53 bits per heavy atom. The second-order valence-corrected chi connectivity index (χ2v) is 3.75. The summed E-state index contributed by atoms with van der Waals surface area (Å²) in [6, 6.07) is -0.638. The maximum Gasteiger partial charge on any atom is 0.331 e. The number of hydrogen-bond donors (Lipinski definition) is 1. The first-order valence-corrected chi connectivity index (χ1v) is 4.73. The number of hydrogen-bond acceptors (Lipinski definition) is 3. The van der Waals surface area contributed by atoms with E-state index in [-0.39, 0.29) is 6.54 Å². The van der Waals surface area contributed by atoms with E-state index in [1.54, 1.807) is 6.08 Å². The largest absolute Gasteiger partial charge is 0.331 e. The van der Waals surface area contributed by atoms with Gasteiger partial charge in [-0.05, 0) is 20.8 Å². The third kappa shape index (κ3) is 2.43. The highest BCUT2D eigenvalue weighted by Crippen LogP contribution is 2.09. The normalized spacial score (nSPS) is 21.4. The van der Waals surface area contributed by atoms with E-state index >= 15 is 0 Å². The van der Waals surface area contributed by atoms with E-state index in [0.29, 0.717) is 0 Å². The Kier molecular flexibility index (Phi) is 3.24. The number of carbonyl (C=O) groups is 3. The van der Waals surface area contributed by atoms with Gasteiger partial charge >= 0.3 is 6.03 Å². The Morgan fingerprint density at radius 1 is 1.40 bits per heavy atom. The summed E-state index contributed by atoms with van der Waals surface area (Å²) < 4.78 is 0. The van der Waals surface area contributed by atoms with Crippen LogP contribution in [0.5, 0.6) is 0 Å². The van der Waals surface area contributed by atoms with Crippen molar-refractivity contribution in [3.05, 3.63) is 11.6 Å². The Labute approximate surface area is 88.1 Å². The minimum absolute atomic E-state index is 0.213. The number of nitrogens with one attached hydrogen (secondary N) is 1. The molecule has 1 aliphatic heterocycles. The Hall–Kier alpha value is -1.65. The molecule has 1 aliphatic rings. The highest BCUT2D eigenvalue weighted by Gasteiger charge is 2.36. The van der Waals surface area contributed by atoms with Gasteiger partial charge in [-0.2, -0.15) is 0 Å². The van der Waals surface area contributed by atoms with E-state index in [0.717, 1.165) is 10.5 Å². The number of carbonyl (C=O) groups excluding carboxylic acids is 3. The summed E-state index contributed by atoms with van der Waals surface area (Å²) in [5.74, 6) is -1.76. The van der Waals surface area contributed by atoms with Gasteiger partial charge in [0.1, 0.15) is 5.92 Å². The fraction of sp³-hybridized carbons (Fsp3) is 0.500. The fourth-order valence-corrected chi connectivity index (χ4v) is 1.17. The molecule has 5 heteroatoms. The maximum absolute atomic E-state index is 11.6. The third-order valence-electron chi connectivity index (χ3n) is 2.19. The van der Waals surface area contributed by atoms with Crippen molar-refractivity contribution in [2.24, 2.45) is 5.92 Å². The van der Waals surface area contributed by atoms with E-state index in [9.17, 15) is 14.4 Å². The van der Waals surface area contributed by atoms with Crippen molar-refractivity contribution in [2.45, 2.75) is 20.8 Å². The monoisotopic (exact) mass is 210 g/mol. The van der Waals surface area contributed by atoms with Crippen LogP contribution < -0.4 is 5.32 Å². The van der Waals surface area contributed by atoms with Gasteiger partial charge in [0.05, 0.1) is 0 Å². The van der Waals surface area contributed by atoms with Crippen molar-refractivity contribution in [3.8, 4) is 0 Å². The third-order valence-corrected chi connectivity index (χ3v) is 2.19. The van der Waals surface area contributed by atoms with Crippen molar-refractivity contribution in [1.82, 2.24) is 10.2 Å². The Bertz CT molecular complexity index is 343. The lowest BCUT2D eigenvalue weighted by molar-refractivity contribution is -0.141. The predicted molar refractivity (Wildman–Crippen MR) is 53.8 cm³/mol. The molecule has 1 heterocycles. The van der Waals surface area contributed by atoms with Gasteiger partial charge < -0.3 is 0 Å². The molecular formula is C10H14N2O3. The number of amides is 4. The molecule has 0 spiro atoms. The van der Waals surface area contributed by atoms with Crippen LogP contribution in [0.25, 0.3) is 0 Å². The zero-order valence-corrected chi connectivity index (χ0v) is 9.03. The van der Waals surface area contributed by atoms with Crippen molar-refractivity contribution in [1.29, 1.82) is 0 Å². The van der Waals surface area contributed by atoms with Crippen LogP contribution in [0.15, 0.2) is 11.6 Å². The SMILES string of the molecule is CC(C)=CCN1C(=O)NC(=O)C(C)C1=O. The zero-order valence-electron chi connectivity index (χ0n) is 9.03.